The average molecular weight is 240 g/mol. The molecule has 0 unspecified atom stereocenters. The Morgan fingerprint density at radius 3 is 2.50 bits per heavy atom. The van der Waals surface area contributed by atoms with Crippen molar-refractivity contribution in [2.75, 3.05) is 26.5 Å². The lowest BCUT2D eigenvalue weighted by Gasteiger charge is -2.06. The van der Waals surface area contributed by atoms with Crippen molar-refractivity contribution in [3.8, 4) is 11.5 Å². The van der Waals surface area contributed by atoms with Gasteiger partial charge in [0, 0.05) is 12.8 Å². The van der Waals surface area contributed by atoms with Gasteiger partial charge in [-0.3, -0.25) is 4.99 Å². The number of hydrogen-bond acceptors (Lipinski definition) is 4. The highest BCUT2D eigenvalue weighted by Gasteiger charge is 1.96. The number of ether oxygens (including phenoxy) is 2. The summed E-state index contributed by atoms with van der Waals surface area (Å²) in [4.78, 5) is 3.84. The van der Waals surface area contributed by atoms with Crippen LogP contribution in [0.4, 0.5) is 0 Å². The molecular weight excluding hydrogens is 224 g/mol. The van der Waals surface area contributed by atoms with E-state index in [1.807, 2.05) is 24.3 Å². The van der Waals surface area contributed by atoms with Gasteiger partial charge in [-0.05, 0) is 24.3 Å². The number of hydrogen-bond donors (Lipinski definition) is 1. The summed E-state index contributed by atoms with van der Waals surface area (Å²) in [5, 5.41) is 0.582. The molecule has 0 radical (unpaired) electrons. The zero-order valence-electron chi connectivity index (χ0n) is 9.47. The van der Waals surface area contributed by atoms with Gasteiger partial charge in [0.2, 0.25) is 0 Å². The standard InChI is InChI=1S/C11H16N2O2S/c1-13-11(12)16-8-7-15-10-5-3-9(14-2)4-6-10/h3-6H,7-8H2,1-2H3,(H2,12,13). The summed E-state index contributed by atoms with van der Waals surface area (Å²) in [7, 11) is 3.31. The number of rotatable bonds is 5. The molecule has 1 rings (SSSR count). The SMILES string of the molecule is CN=C(N)SCCOc1ccc(OC)cc1. The van der Waals surface area contributed by atoms with Crippen LogP contribution in [0.25, 0.3) is 0 Å². The molecule has 4 nitrogen and oxygen atoms in total. The zero-order valence-corrected chi connectivity index (χ0v) is 10.3. The van der Waals surface area contributed by atoms with Gasteiger partial charge in [0.25, 0.3) is 0 Å². The van der Waals surface area contributed by atoms with Gasteiger partial charge in [-0.15, -0.1) is 0 Å². The van der Waals surface area contributed by atoms with E-state index < -0.39 is 0 Å². The molecule has 0 aliphatic rings. The fourth-order valence-electron chi connectivity index (χ4n) is 1.04. The Kier molecular flexibility index (Phi) is 5.56. The lowest BCUT2D eigenvalue weighted by molar-refractivity contribution is 0.343. The molecule has 0 saturated heterocycles. The lowest BCUT2D eigenvalue weighted by atomic mass is 10.3. The first-order chi connectivity index (χ1) is 7.76. The number of benzene rings is 1. The molecule has 1 aromatic carbocycles. The first kappa shape index (κ1) is 12.7. The Hall–Kier alpha value is -1.36. The van der Waals surface area contributed by atoms with Gasteiger partial charge in [-0.25, -0.2) is 0 Å². The number of nitrogens with zero attached hydrogens (tertiary/aromatic N) is 1. The molecule has 0 bridgehead atoms. The van der Waals surface area contributed by atoms with E-state index in [-0.39, 0.29) is 0 Å². The molecule has 0 aromatic heterocycles. The molecule has 2 N–H and O–H groups in total. The maximum Gasteiger partial charge on any atom is 0.153 e. The largest absolute Gasteiger partial charge is 0.497 e. The lowest BCUT2D eigenvalue weighted by Crippen LogP contribution is -2.10. The van der Waals surface area contributed by atoms with Crippen LogP contribution in [0.1, 0.15) is 0 Å². The van der Waals surface area contributed by atoms with Crippen LogP contribution in [0.15, 0.2) is 29.3 Å². The summed E-state index contributed by atoms with van der Waals surface area (Å²) in [5.41, 5.74) is 5.53. The third-order valence-corrected chi connectivity index (χ3v) is 2.73. The van der Waals surface area contributed by atoms with Crippen molar-refractivity contribution in [3.63, 3.8) is 0 Å². The topological polar surface area (TPSA) is 56.8 Å². The Morgan fingerprint density at radius 2 is 1.94 bits per heavy atom. The predicted octanol–water partition coefficient (Wildman–Crippen LogP) is 1.75. The monoisotopic (exact) mass is 240 g/mol. The average Bonchev–Trinajstić information content (AvgIpc) is 2.35. The number of amidine groups is 1. The summed E-state index contributed by atoms with van der Waals surface area (Å²) in [6, 6.07) is 7.48. The van der Waals surface area contributed by atoms with Crippen molar-refractivity contribution in [3.05, 3.63) is 24.3 Å². The second-order valence-corrected chi connectivity index (χ2v) is 4.05. The minimum atomic E-state index is 0.582. The van der Waals surface area contributed by atoms with E-state index in [1.54, 1.807) is 14.2 Å². The quantitative estimate of drug-likeness (QED) is 0.484. The van der Waals surface area contributed by atoms with E-state index in [4.69, 9.17) is 15.2 Å². The van der Waals surface area contributed by atoms with E-state index in [0.717, 1.165) is 17.3 Å². The minimum Gasteiger partial charge on any atom is -0.497 e. The Labute approximate surface area is 99.8 Å². The van der Waals surface area contributed by atoms with Crippen molar-refractivity contribution < 1.29 is 9.47 Å². The highest BCUT2D eigenvalue weighted by molar-refractivity contribution is 8.13. The molecule has 0 aliphatic heterocycles. The van der Waals surface area contributed by atoms with Gasteiger partial charge in [0.05, 0.1) is 13.7 Å². The van der Waals surface area contributed by atoms with Gasteiger partial charge in [-0.1, -0.05) is 11.8 Å². The molecule has 0 aliphatic carbocycles. The maximum atomic E-state index is 5.53. The molecule has 0 fully saturated rings. The van der Waals surface area contributed by atoms with E-state index in [1.165, 1.54) is 11.8 Å². The summed E-state index contributed by atoms with van der Waals surface area (Å²) < 4.78 is 10.6. The molecule has 16 heavy (non-hydrogen) atoms. The Morgan fingerprint density at radius 1 is 1.31 bits per heavy atom. The fourth-order valence-corrected chi connectivity index (χ4v) is 1.55. The van der Waals surface area contributed by atoms with Crippen molar-refractivity contribution >= 4 is 16.9 Å². The van der Waals surface area contributed by atoms with Crippen LogP contribution in [0.2, 0.25) is 0 Å². The second kappa shape index (κ2) is 7.00. The molecule has 0 amide bonds. The van der Waals surface area contributed by atoms with Gasteiger partial charge in [-0.2, -0.15) is 0 Å². The number of methoxy groups -OCH3 is 1. The highest BCUT2D eigenvalue weighted by atomic mass is 32.2. The van der Waals surface area contributed by atoms with Gasteiger partial charge in [0.1, 0.15) is 11.5 Å². The second-order valence-electron chi connectivity index (χ2n) is 2.93. The predicted molar refractivity (Wildman–Crippen MR) is 68.5 cm³/mol. The molecule has 0 saturated carbocycles. The summed E-state index contributed by atoms with van der Waals surface area (Å²) in [6.45, 7) is 0.604. The fraction of sp³-hybridized carbons (Fsp3) is 0.364. The molecule has 88 valence electrons. The molecular formula is C11H16N2O2S. The van der Waals surface area contributed by atoms with Crippen LogP contribution in [0.5, 0.6) is 11.5 Å². The van der Waals surface area contributed by atoms with Gasteiger partial charge >= 0.3 is 0 Å². The van der Waals surface area contributed by atoms with E-state index in [9.17, 15) is 0 Å². The number of aliphatic imine (C=N–C) groups is 1. The molecule has 5 heteroatoms. The third-order valence-electron chi connectivity index (χ3n) is 1.88. The van der Waals surface area contributed by atoms with Crippen LogP contribution in [0.3, 0.4) is 0 Å². The summed E-state index contributed by atoms with van der Waals surface area (Å²) in [5.74, 6) is 2.44. The van der Waals surface area contributed by atoms with Crippen molar-refractivity contribution in [1.29, 1.82) is 0 Å². The van der Waals surface area contributed by atoms with E-state index in [2.05, 4.69) is 4.99 Å². The van der Waals surface area contributed by atoms with Crippen LogP contribution in [0, 0.1) is 0 Å². The normalized spacial score (nSPS) is 11.2. The molecule has 0 spiro atoms. The van der Waals surface area contributed by atoms with Crippen LogP contribution < -0.4 is 15.2 Å². The van der Waals surface area contributed by atoms with Crippen LogP contribution in [-0.2, 0) is 0 Å². The first-order valence-corrected chi connectivity index (χ1v) is 5.86. The molecule has 1 aromatic rings. The van der Waals surface area contributed by atoms with Crippen molar-refractivity contribution in [1.82, 2.24) is 0 Å². The number of nitrogens with two attached hydrogens (primary N) is 1. The van der Waals surface area contributed by atoms with Gasteiger partial charge in [0.15, 0.2) is 5.17 Å². The Balaban J connectivity index is 2.26. The Bertz CT molecular complexity index is 338. The molecule has 0 atom stereocenters. The van der Waals surface area contributed by atoms with Crippen LogP contribution >= 0.6 is 11.8 Å². The van der Waals surface area contributed by atoms with Crippen molar-refractivity contribution in [2.45, 2.75) is 0 Å². The van der Waals surface area contributed by atoms with E-state index in [0.29, 0.717) is 11.8 Å². The van der Waals surface area contributed by atoms with E-state index >= 15 is 0 Å². The summed E-state index contributed by atoms with van der Waals surface area (Å²) >= 11 is 1.48. The van der Waals surface area contributed by atoms with Crippen LogP contribution in [-0.4, -0.2) is 31.7 Å². The molecule has 0 heterocycles. The highest BCUT2D eigenvalue weighted by Crippen LogP contribution is 2.17. The zero-order chi connectivity index (χ0) is 11.8. The van der Waals surface area contributed by atoms with Gasteiger partial charge < -0.3 is 15.2 Å². The van der Waals surface area contributed by atoms with Crippen molar-refractivity contribution in [2.24, 2.45) is 10.7 Å². The third kappa shape index (κ3) is 4.44. The minimum absolute atomic E-state index is 0.582. The summed E-state index contributed by atoms with van der Waals surface area (Å²) in [6.07, 6.45) is 0. The first-order valence-electron chi connectivity index (χ1n) is 4.88. The smallest absolute Gasteiger partial charge is 0.153 e. The maximum absolute atomic E-state index is 5.53. The number of thioether (sulfide) groups is 1.